The summed E-state index contributed by atoms with van der Waals surface area (Å²) < 4.78 is 10.3. The average molecular weight is 360 g/mol. The van der Waals surface area contributed by atoms with Crippen LogP contribution in [0.15, 0.2) is 83.0 Å². The summed E-state index contributed by atoms with van der Waals surface area (Å²) in [6, 6.07) is 23.1. The zero-order valence-corrected chi connectivity index (χ0v) is 15.2. The van der Waals surface area contributed by atoms with Crippen LogP contribution in [0.25, 0.3) is 0 Å². The highest BCUT2D eigenvalue weighted by molar-refractivity contribution is 6.12. The van der Waals surface area contributed by atoms with Gasteiger partial charge in [0.15, 0.2) is 11.5 Å². The molecule has 0 aliphatic rings. The van der Waals surface area contributed by atoms with Crippen molar-refractivity contribution in [1.82, 2.24) is 0 Å². The monoisotopic (exact) mass is 360 g/mol. The van der Waals surface area contributed by atoms with Crippen molar-refractivity contribution in [2.45, 2.75) is 0 Å². The van der Waals surface area contributed by atoms with Gasteiger partial charge in [-0.05, 0) is 12.1 Å². The van der Waals surface area contributed by atoms with Crippen molar-refractivity contribution in [2.24, 2.45) is 10.2 Å². The molecule has 0 aliphatic heterocycles. The highest BCUT2D eigenvalue weighted by Crippen LogP contribution is 2.36. The van der Waals surface area contributed by atoms with Gasteiger partial charge in [-0.2, -0.15) is 5.10 Å². The molecule has 27 heavy (non-hydrogen) atoms. The molecule has 0 aromatic heterocycles. The van der Waals surface area contributed by atoms with E-state index in [0.29, 0.717) is 17.1 Å². The van der Waals surface area contributed by atoms with E-state index < -0.39 is 0 Å². The smallest absolute Gasteiger partial charge is 0.200 e. The number of ether oxygens (including phenoxy) is 2. The third-order valence-corrected chi connectivity index (χ3v) is 3.96. The van der Waals surface area contributed by atoms with Gasteiger partial charge >= 0.3 is 0 Å². The molecule has 5 nitrogen and oxygen atoms in total. The Morgan fingerprint density at radius 1 is 0.815 bits per heavy atom. The number of phenols is 1. The summed E-state index contributed by atoms with van der Waals surface area (Å²) in [6.07, 6.45) is 1.59. The minimum atomic E-state index is -0.0464. The molecular formula is C22H20N2O3. The standard InChI is InChI=1S/C22H20N2O3/c1-26-19-13-16(14-20(27-2)22(19)25)15-23-24-21(17-9-5-3-6-10-17)18-11-7-4-8-12-18/h3-15,25H,1-2H3. The first-order valence-electron chi connectivity index (χ1n) is 8.39. The Hall–Kier alpha value is -3.60. The van der Waals surface area contributed by atoms with Gasteiger partial charge in [0.25, 0.3) is 0 Å². The van der Waals surface area contributed by atoms with Crippen molar-refractivity contribution < 1.29 is 14.6 Å². The Morgan fingerprint density at radius 2 is 1.30 bits per heavy atom. The first kappa shape index (κ1) is 18.2. The number of rotatable bonds is 6. The average Bonchev–Trinajstić information content (AvgIpc) is 2.73. The van der Waals surface area contributed by atoms with E-state index in [1.807, 2.05) is 60.7 Å². The summed E-state index contributed by atoms with van der Waals surface area (Å²) in [6.45, 7) is 0. The van der Waals surface area contributed by atoms with E-state index in [-0.39, 0.29) is 5.75 Å². The maximum Gasteiger partial charge on any atom is 0.200 e. The van der Waals surface area contributed by atoms with E-state index in [9.17, 15) is 5.11 Å². The van der Waals surface area contributed by atoms with Gasteiger partial charge in [0.05, 0.1) is 20.4 Å². The molecule has 0 atom stereocenters. The van der Waals surface area contributed by atoms with E-state index >= 15 is 0 Å². The molecule has 0 fully saturated rings. The molecule has 0 unspecified atom stereocenters. The number of hydrogen-bond donors (Lipinski definition) is 1. The van der Waals surface area contributed by atoms with Gasteiger partial charge in [0.1, 0.15) is 5.71 Å². The van der Waals surface area contributed by atoms with Gasteiger partial charge in [-0.1, -0.05) is 60.7 Å². The van der Waals surface area contributed by atoms with E-state index in [0.717, 1.165) is 16.8 Å². The fourth-order valence-electron chi connectivity index (χ4n) is 2.62. The highest BCUT2D eigenvalue weighted by atomic mass is 16.5. The predicted molar refractivity (Wildman–Crippen MR) is 107 cm³/mol. The number of nitrogens with zero attached hydrogens (tertiary/aromatic N) is 2. The molecule has 1 N–H and O–H groups in total. The summed E-state index contributed by atoms with van der Waals surface area (Å²) >= 11 is 0. The molecule has 0 heterocycles. The van der Waals surface area contributed by atoms with Crippen LogP contribution in [0.1, 0.15) is 16.7 Å². The van der Waals surface area contributed by atoms with Gasteiger partial charge in [0, 0.05) is 16.7 Å². The van der Waals surface area contributed by atoms with E-state index in [1.54, 1.807) is 18.3 Å². The lowest BCUT2D eigenvalue weighted by Crippen LogP contribution is -2.02. The topological polar surface area (TPSA) is 63.4 Å². The molecule has 3 aromatic carbocycles. The van der Waals surface area contributed by atoms with Crippen molar-refractivity contribution in [3.63, 3.8) is 0 Å². The van der Waals surface area contributed by atoms with E-state index in [1.165, 1.54) is 14.2 Å². The van der Waals surface area contributed by atoms with Crippen LogP contribution in [-0.4, -0.2) is 31.3 Å². The van der Waals surface area contributed by atoms with Crippen LogP contribution < -0.4 is 9.47 Å². The second-order valence-corrected chi connectivity index (χ2v) is 5.70. The van der Waals surface area contributed by atoms with Gasteiger partial charge in [-0.3, -0.25) is 0 Å². The van der Waals surface area contributed by atoms with E-state index in [4.69, 9.17) is 9.47 Å². The molecule has 5 heteroatoms. The fourth-order valence-corrected chi connectivity index (χ4v) is 2.62. The van der Waals surface area contributed by atoms with Crippen LogP contribution in [0.4, 0.5) is 0 Å². The Balaban J connectivity index is 1.98. The van der Waals surface area contributed by atoms with Crippen LogP contribution in [-0.2, 0) is 0 Å². The normalized spacial score (nSPS) is 10.6. The zero-order valence-electron chi connectivity index (χ0n) is 15.2. The molecule has 0 saturated carbocycles. The number of hydrogen-bond acceptors (Lipinski definition) is 5. The third kappa shape index (κ3) is 4.33. The Morgan fingerprint density at radius 3 is 1.74 bits per heavy atom. The second kappa shape index (κ2) is 8.67. The fraction of sp³-hybridized carbons (Fsp3) is 0.0909. The van der Waals surface area contributed by atoms with Crippen LogP contribution in [0, 0.1) is 0 Å². The minimum absolute atomic E-state index is 0.0464. The predicted octanol–water partition coefficient (Wildman–Crippen LogP) is 4.28. The summed E-state index contributed by atoms with van der Waals surface area (Å²) in [4.78, 5) is 0. The highest BCUT2D eigenvalue weighted by Gasteiger charge is 2.10. The van der Waals surface area contributed by atoms with Crippen molar-refractivity contribution >= 4 is 11.9 Å². The minimum Gasteiger partial charge on any atom is -0.502 e. The van der Waals surface area contributed by atoms with Crippen LogP contribution in [0.2, 0.25) is 0 Å². The quantitative estimate of drug-likeness (QED) is 0.527. The lowest BCUT2D eigenvalue weighted by atomic mass is 10.0. The van der Waals surface area contributed by atoms with Crippen molar-refractivity contribution in [3.8, 4) is 17.2 Å². The second-order valence-electron chi connectivity index (χ2n) is 5.70. The van der Waals surface area contributed by atoms with Crippen molar-refractivity contribution in [1.29, 1.82) is 0 Å². The van der Waals surface area contributed by atoms with Crippen molar-refractivity contribution in [3.05, 3.63) is 89.5 Å². The Bertz CT molecular complexity index is 885. The zero-order chi connectivity index (χ0) is 19.1. The molecule has 3 rings (SSSR count). The lowest BCUT2D eigenvalue weighted by molar-refractivity contribution is 0.340. The largest absolute Gasteiger partial charge is 0.502 e. The van der Waals surface area contributed by atoms with Crippen LogP contribution in [0.3, 0.4) is 0 Å². The lowest BCUT2D eigenvalue weighted by Gasteiger charge is -2.09. The Kier molecular flexibility index (Phi) is 5.84. The molecule has 0 amide bonds. The van der Waals surface area contributed by atoms with Gasteiger partial charge < -0.3 is 14.6 Å². The van der Waals surface area contributed by atoms with Crippen molar-refractivity contribution in [2.75, 3.05) is 14.2 Å². The summed E-state index contributed by atoms with van der Waals surface area (Å²) in [5.41, 5.74) is 3.42. The first-order chi connectivity index (χ1) is 13.2. The maximum absolute atomic E-state index is 10.0. The first-order valence-corrected chi connectivity index (χ1v) is 8.39. The summed E-state index contributed by atoms with van der Waals surface area (Å²) in [5, 5.41) is 18.7. The molecule has 0 bridgehead atoms. The molecule has 0 aliphatic carbocycles. The molecular weight excluding hydrogens is 340 g/mol. The molecule has 136 valence electrons. The molecule has 3 aromatic rings. The third-order valence-electron chi connectivity index (χ3n) is 3.96. The Labute approximate surface area is 158 Å². The summed E-state index contributed by atoms with van der Waals surface area (Å²) in [7, 11) is 2.97. The number of phenolic OH excluding ortho intramolecular Hbond substituents is 1. The number of methoxy groups -OCH3 is 2. The summed E-state index contributed by atoms with van der Waals surface area (Å²) in [5.74, 6) is 0.576. The van der Waals surface area contributed by atoms with Gasteiger partial charge in [-0.25, -0.2) is 0 Å². The van der Waals surface area contributed by atoms with E-state index in [2.05, 4.69) is 10.2 Å². The van der Waals surface area contributed by atoms with Crippen LogP contribution in [0.5, 0.6) is 17.2 Å². The number of aromatic hydroxyl groups is 1. The maximum atomic E-state index is 10.0. The SMILES string of the molecule is COc1cc(C=NN=C(c2ccccc2)c2ccccc2)cc(OC)c1O. The molecule has 0 spiro atoms. The number of benzene rings is 3. The van der Waals surface area contributed by atoms with Crippen LogP contribution >= 0.6 is 0 Å². The van der Waals surface area contributed by atoms with Gasteiger partial charge in [0.2, 0.25) is 5.75 Å². The molecule has 0 radical (unpaired) electrons. The molecule has 0 saturated heterocycles. The van der Waals surface area contributed by atoms with Gasteiger partial charge in [-0.15, -0.1) is 5.10 Å².